The van der Waals surface area contributed by atoms with E-state index in [1.54, 1.807) is 49.8 Å². The normalized spacial score (nSPS) is 30.8. The van der Waals surface area contributed by atoms with Gasteiger partial charge in [0.05, 0.1) is 0 Å². The van der Waals surface area contributed by atoms with E-state index in [1.807, 2.05) is 5.57 Å². The van der Waals surface area contributed by atoms with E-state index in [0.29, 0.717) is 35.0 Å². The number of hydrogen-bond donors (Lipinski definition) is 0. The Morgan fingerprint density at radius 1 is 0.944 bits per heavy atom. The summed E-state index contributed by atoms with van der Waals surface area (Å²) in [6, 6.07) is 4.97. The second-order valence-electron chi connectivity index (χ2n) is 21.1. The first-order chi connectivity index (χ1) is 25.7. The van der Waals surface area contributed by atoms with Gasteiger partial charge in [-0.25, -0.2) is 0 Å². The summed E-state index contributed by atoms with van der Waals surface area (Å²) in [6.07, 6.45) is 39.6. The molecule has 6 unspecified atom stereocenters. The molecule has 0 aliphatic heterocycles. The van der Waals surface area contributed by atoms with Crippen LogP contribution in [0.3, 0.4) is 0 Å². The molecular weight excluding hydrogens is 649 g/mol. The minimum Gasteiger partial charge on any atom is -0.310 e. The van der Waals surface area contributed by atoms with Crippen LogP contribution in [-0.2, 0) is 5.41 Å². The maximum atomic E-state index is 2.80. The summed E-state index contributed by atoms with van der Waals surface area (Å²) in [7, 11) is 0. The van der Waals surface area contributed by atoms with E-state index in [-0.39, 0.29) is 10.8 Å². The average molecular weight is 716 g/mol. The summed E-state index contributed by atoms with van der Waals surface area (Å²) in [5.41, 5.74) is 18.7. The van der Waals surface area contributed by atoms with Crippen LogP contribution in [0.5, 0.6) is 0 Å². The third-order valence-electron chi connectivity index (χ3n) is 15.6. The molecule has 8 aliphatic rings. The molecule has 0 nitrogen and oxygen atoms in total. The van der Waals surface area contributed by atoms with Crippen molar-refractivity contribution < 1.29 is 0 Å². The van der Waals surface area contributed by atoms with Gasteiger partial charge in [-0.15, -0.1) is 11.8 Å². The highest BCUT2D eigenvalue weighted by Crippen LogP contribution is 2.60. The van der Waals surface area contributed by atoms with Crippen molar-refractivity contribution in [1.82, 2.24) is 0 Å². The fraction of sp³-hybridized carbons (Fsp3) is 0.537. The summed E-state index contributed by atoms with van der Waals surface area (Å²) < 4.78 is 0. The number of fused-ring (bicyclic) bond motifs is 4. The molecule has 0 radical (unpaired) electrons. The lowest BCUT2D eigenvalue weighted by molar-refractivity contribution is 0.256. The van der Waals surface area contributed by atoms with Gasteiger partial charge in [0.2, 0.25) is 0 Å². The number of allylic oxidation sites excluding steroid dienone is 15. The minimum atomic E-state index is 0.183. The van der Waals surface area contributed by atoms with Crippen molar-refractivity contribution >= 4 is 17.7 Å². The molecule has 0 heteroatoms. The SMILES string of the molecule is CCC1=CC=C(C2=CC3=C(CC2)C2CCC(CCCC4CC=c5cc(C(C)(C)C)cc6c5=C4CC=C6)=CC2C3(C)C)C2[CH-]C3CC(C(C)(C)C)C=CC3=C12. The summed E-state index contributed by atoms with van der Waals surface area (Å²) in [4.78, 5) is 0. The van der Waals surface area contributed by atoms with Crippen LogP contribution < -0.4 is 10.4 Å². The van der Waals surface area contributed by atoms with Crippen molar-refractivity contribution in [2.75, 3.05) is 0 Å². The molecule has 9 rings (SSSR count). The first-order valence-electron chi connectivity index (χ1n) is 22.1. The molecule has 0 fully saturated rings. The van der Waals surface area contributed by atoms with Gasteiger partial charge in [0, 0.05) is 0 Å². The summed E-state index contributed by atoms with van der Waals surface area (Å²) >= 11 is 0. The maximum Gasteiger partial charge on any atom is -0.00352 e. The zero-order valence-corrected chi connectivity index (χ0v) is 35.2. The first-order valence-corrected chi connectivity index (χ1v) is 22.1. The van der Waals surface area contributed by atoms with Crippen molar-refractivity contribution in [2.45, 2.75) is 138 Å². The molecule has 284 valence electrons. The van der Waals surface area contributed by atoms with Crippen LogP contribution in [0, 0.1) is 52.8 Å². The standard InChI is InChI=1S/C54H67/c1-10-34-20-24-42(47-31-39-30-40(52(2,3)4)22-26-44(39)51(34)47)36-21-25-46-45-23-17-33(27-48(45)54(8,9)49(46)32-36)13-11-14-35-18-19-38-29-41(53(5,6)7)28-37-15-12-16-43(35)50(37)38/h12,15,19-20,22,24,26-29,31-32,35,39-40,45,47-48H,10-11,13-14,16-18,21,23,25,30H2,1-9H3/q-1. The van der Waals surface area contributed by atoms with E-state index in [2.05, 4.69) is 136 Å². The van der Waals surface area contributed by atoms with Crippen molar-refractivity contribution in [1.29, 1.82) is 0 Å². The lowest BCUT2D eigenvalue weighted by Gasteiger charge is -2.38. The second-order valence-corrected chi connectivity index (χ2v) is 21.1. The largest absolute Gasteiger partial charge is 0.310 e. The van der Waals surface area contributed by atoms with Gasteiger partial charge in [0.1, 0.15) is 0 Å². The Kier molecular flexibility index (Phi) is 8.95. The van der Waals surface area contributed by atoms with Gasteiger partial charge >= 0.3 is 0 Å². The van der Waals surface area contributed by atoms with Gasteiger partial charge in [0.25, 0.3) is 0 Å². The highest BCUT2D eigenvalue weighted by Gasteiger charge is 2.48. The quantitative estimate of drug-likeness (QED) is 0.203. The first kappa shape index (κ1) is 36.5. The van der Waals surface area contributed by atoms with Crippen molar-refractivity contribution in [3.05, 3.63) is 127 Å². The molecule has 0 N–H and O–H groups in total. The molecule has 0 heterocycles. The minimum absolute atomic E-state index is 0.183. The Labute approximate surface area is 328 Å². The van der Waals surface area contributed by atoms with Crippen LogP contribution in [0.15, 0.2) is 99.2 Å². The van der Waals surface area contributed by atoms with Crippen LogP contribution in [0.25, 0.3) is 17.7 Å². The van der Waals surface area contributed by atoms with Gasteiger partial charge in [-0.3, -0.25) is 0 Å². The van der Waals surface area contributed by atoms with E-state index < -0.39 is 0 Å². The zero-order valence-electron chi connectivity index (χ0n) is 35.2. The van der Waals surface area contributed by atoms with Crippen molar-refractivity contribution in [3.63, 3.8) is 0 Å². The molecule has 0 bridgehead atoms. The smallest absolute Gasteiger partial charge is 0.00352 e. The van der Waals surface area contributed by atoms with Gasteiger partial charge in [0.15, 0.2) is 0 Å². The van der Waals surface area contributed by atoms with E-state index in [4.69, 9.17) is 0 Å². The third kappa shape index (κ3) is 6.07. The van der Waals surface area contributed by atoms with Gasteiger partial charge < -0.3 is 6.42 Å². The van der Waals surface area contributed by atoms with Crippen LogP contribution >= 0.6 is 0 Å². The Hall–Kier alpha value is -3.12. The lowest BCUT2D eigenvalue weighted by atomic mass is 9.69. The van der Waals surface area contributed by atoms with E-state index in [0.717, 1.165) is 18.8 Å². The monoisotopic (exact) mass is 716 g/mol. The molecule has 0 aromatic heterocycles. The van der Waals surface area contributed by atoms with Crippen molar-refractivity contribution in [3.8, 4) is 0 Å². The van der Waals surface area contributed by atoms with Crippen LogP contribution in [-0.4, -0.2) is 0 Å². The molecule has 0 saturated carbocycles. The number of hydrogen-bond acceptors (Lipinski definition) is 0. The van der Waals surface area contributed by atoms with Gasteiger partial charge in [-0.2, -0.15) is 0 Å². The average Bonchev–Trinajstić information content (AvgIpc) is 3.63. The molecular formula is C54H67-. The van der Waals surface area contributed by atoms with E-state index in [9.17, 15) is 0 Å². The molecule has 0 spiro atoms. The summed E-state index contributed by atoms with van der Waals surface area (Å²) in [6.45, 7) is 21.8. The Morgan fingerprint density at radius 3 is 2.56 bits per heavy atom. The predicted molar refractivity (Wildman–Crippen MR) is 232 cm³/mol. The molecule has 6 atom stereocenters. The topological polar surface area (TPSA) is 0 Å². The van der Waals surface area contributed by atoms with Crippen LogP contribution in [0.4, 0.5) is 0 Å². The Balaban J connectivity index is 0.909. The molecule has 0 amide bonds. The Morgan fingerprint density at radius 2 is 1.78 bits per heavy atom. The molecule has 54 heavy (non-hydrogen) atoms. The molecule has 8 aliphatic carbocycles. The predicted octanol–water partition coefficient (Wildman–Crippen LogP) is 13.2. The van der Waals surface area contributed by atoms with Gasteiger partial charge in [-0.1, -0.05) is 169 Å². The molecule has 1 aromatic carbocycles. The van der Waals surface area contributed by atoms with Crippen molar-refractivity contribution in [2.24, 2.45) is 46.3 Å². The maximum absolute atomic E-state index is 2.80. The number of benzene rings is 1. The lowest BCUT2D eigenvalue weighted by Crippen LogP contribution is -2.37. The number of rotatable bonds is 6. The van der Waals surface area contributed by atoms with Gasteiger partial charge in [-0.05, 0) is 142 Å². The fourth-order valence-corrected chi connectivity index (χ4v) is 12.4. The highest BCUT2D eigenvalue weighted by atomic mass is 14.5. The highest BCUT2D eigenvalue weighted by molar-refractivity contribution is 5.69. The Bertz CT molecular complexity index is 2140. The van der Waals surface area contributed by atoms with E-state index in [1.165, 1.54) is 74.1 Å². The molecule has 1 aromatic rings. The van der Waals surface area contributed by atoms with Crippen LogP contribution in [0.2, 0.25) is 0 Å². The molecule has 0 saturated heterocycles. The fourth-order valence-electron chi connectivity index (χ4n) is 12.4. The van der Waals surface area contributed by atoms with E-state index >= 15 is 0 Å². The summed E-state index contributed by atoms with van der Waals surface area (Å²) in [5, 5.41) is 3.07. The van der Waals surface area contributed by atoms with Crippen LogP contribution in [0.1, 0.15) is 144 Å². The third-order valence-corrected chi connectivity index (χ3v) is 15.6. The summed E-state index contributed by atoms with van der Waals surface area (Å²) in [5.74, 6) is 3.79. The second kappa shape index (κ2) is 13.2. The zero-order chi connectivity index (χ0) is 37.7.